The minimum absolute atomic E-state index is 0.0304. The van der Waals surface area contributed by atoms with Crippen molar-refractivity contribution >= 4 is 53.1 Å². The first-order chi connectivity index (χ1) is 17.1. The number of amides is 1. The molecular formula is C24H25F2IN6O2S. The van der Waals surface area contributed by atoms with Crippen molar-refractivity contribution in [2.75, 3.05) is 5.32 Å². The van der Waals surface area contributed by atoms with Crippen LogP contribution in [0.4, 0.5) is 19.4 Å². The molecule has 1 fully saturated rings. The van der Waals surface area contributed by atoms with Crippen LogP contribution in [-0.2, 0) is 4.74 Å². The Kier molecular flexibility index (Phi) is 7.89. The molecule has 4 rings (SSSR count). The zero-order valence-corrected chi connectivity index (χ0v) is 22.9. The predicted molar refractivity (Wildman–Crippen MR) is 144 cm³/mol. The molecule has 1 aliphatic rings. The number of nitrogens with zero attached hydrogens (tertiary/aromatic N) is 4. The average Bonchev–Trinajstić information content (AvgIpc) is 3.18. The van der Waals surface area contributed by atoms with E-state index in [1.165, 1.54) is 15.2 Å². The molecule has 0 spiro atoms. The molecule has 190 valence electrons. The molecule has 0 saturated heterocycles. The van der Waals surface area contributed by atoms with Gasteiger partial charge in [0.15, 0.2) is 17.5 Å². The molecule has 12 heteroatoms. The molecule has 8 nitrogen and oxygen atoms in total. The largest absolute Gasteiger partial charge is 0.444 e. The lowest BCUT2D eigenvalue weighted by Gasteiger charge is -2.31. The smallest absolute Gasteiger partial charge is 0.407 e. The highest BCUT2D eigenvalue weighted by molar-refractivity contribution is 14.2. The molecular weight excluding hydrogens is 601 g/mol. The van der Waals surface area contributed by atoms with Gasteiger partial charge >= 0.3 is 6.09 Å². The molecule has 0 radical (unpaired) electrons. The Morgan fingerprint density at radius 2 is 2.03 bits per heavy atom. The SMILES string of the molecule is CC(C)(C)OC(=O)NC1CCCC(Nc2nc(-c3cn(SI)c4c(F)cc(C#N)cc34)ncc2F)C1. The van der Waals surface area contributed by atoms with E-state index in [4.69, 9.17) is 4.74 Å². The van der Waals surface area contributed by atoms with Crippen molar-refractivity contribution < 1.29 is 18.3 Å². The number of carbonyl (C=O) groups excluding carboxylic acids is 1. The summed E-state index contributed by atoms with van der Waals surface area (Å²) in [6, 6.07) is 4.48. The summed E-state index contributed by atoms with van der Waals surface area (Å²) < 4.78 is 36.4. The zero-order chi connectivity index (χ0) is 26.0. The van der Waals surface area contributed by atoms with Crippen molar-refractivity contribution in [1.29, 1.82) is 5.26 Å². The third-order valence-corrected chi connectivity index (χ3v) is 7.45. The number of anilines is 1. The van der Waals surface area contributed by atoms with Crippen molar-refractivity contribution in [2.24, 2.45) is 0 Å². The van der Waals surface area contributed by atoms with Crippen molar-refractivity contribution in [3.63, 3.8) is 0 Å². The van der Waals surface area contributed by atoms with Crippen molar-refractivity contribution in [1.82, 2.24) is 19.3 Å². The highest BCUT2D eigenvalue weighted by Gasteiger charge is 2.27. The summed E-state index contributed by atoms with van der Waals surface area (Å²) in [7, 11) is 1.26. The number of hydrogen-bond donors (Lipinski definition) is 2. The lowest BCUT2D eigenvalue weighted by Crippen LogP contribution is -2.44. The summed E-state index contributed by atoms with van der Waals surface area (Å²) >= 11 is 2.03. The Labute approximate surface area is 223 Å². The molecule has 2 atom stereocenters. The van der Waals surface area contributed by atoms with Crippen LogP contribution in [0, 0.1) is 23.0 Å². The zero-order valence-electron chi connectivity index (χ0n) is 19.9. The summed E-state index contributed by atoms with van der Waals surface area (Å²) in [5, 5.41) is 15.8. The molecule has 1 aromatic carbocycles. The fraction of sp³-hybridized carbons (Fsp3) is 0.417. The van der Waals surface area contributed by atoms with Gasteiger partial charge in [-0.25, -0.2) is 23.5 Å². The van der Waals surface area contributed by atoms with Gasteiger partial charge in [-0.15, -0.1) is 0 Å². The van der Waals surface area contributed by atoms with E-state index in [9.17, 15) is 18.8 Å². The van der Waals surface area contributed by atoms with E-state index < -0.39 is 23.3 Å². The quantitative estimate of drug-likeness (QED) is 0.319. The van der Waals surface area contributed by atoms with Gasteiger partial charge in [0.1, 0.15) is 11.4 Å². The van der Waals surface area contributed by atoms with E-state index in [1.54, 1.807) is 37.0 Å². The Balaban J connectivity index is 1.58. The fourth-order valence-corrected chi connectivity index (χ4v) is 5.63. The van der Waals surface area contributed by atoms with E-state index >= 15 is 0 Å². The maximum Gasteiger partial charge on any atom is 0.407 e. The maximum absolute atomic E-state index is 14.7. The van der Waals surface area contributed by atoms with Crippen LogP contribution in [0.2, 0.25) is 0 Å². The highest BCUT2D eigenvalue weighted by Crippen LogP contribution is 2.36. The van der Waals surface area contributed by atoms with E-state index in [0.29, 0.717) is 22.9 Å². The van der Waals surface area contributed by atoms with Gasteiger partial charge in [-0.2, -0.15) is 5.26 Å². The van der Waals surface area contributed by atoms with Gasteiger partial charge in [0, 0.05) is 59.6 Å². The maximum atomic E-state index is 14.7. The molecule has 3 aromatic rings. The van der Waals surface area contributed by atoms with Crippen LogP contribution in [0.25, 0.3) is 22.3 Å². The fourth-order valence-electron chi connectivity index (χ4n) is 4.29. The normalized spacial score (nSPS) is 18.0. The van der Waals surface area contributed by atoms with Gasteiger partial charge in [0.25, 0.3) is 0 Å². The van der Waals surface area contributed by atoms with Crippen molar-refractivity contribution in [2.45, 2.75) is 64.1 Å². The number of aromatic nitrogens is 3. The molecule has 2 heterocycles. The van der Waals surface area contributed by atoms with E-state index in [2.05, 4.69) is 20.6 Å². The lowest BCUT2D eigenvalue weighted by atomic mass is 9.91. The molecule has 2 unspecified atom stereocenters. The summed E-state index contributed by atoms with van der Waals surface area (Å²) in [5.74, 6) is -0.910. The van der Waals surface area contributed by atoms with Crippen molar-refractivity contribution in [3.8, 4) is 17.5 Å². The van der Waals surface area contributed by atoms with E-state index in [0.717, 1.165) is 25.5 Å². The summed E-state index contributed by atoms with van der Waals surface area (Å²) in [4.78, 5) is 20.7. The molecule has 1 aliphatic carbocycles. The Bertz CT molecular complexity index is 1340. The van der Waals surface area contributed by atoms with Gasteiger partial charge < -0.3 is 15.4 Å². The molecule has 2 N–H and O–H groups in total. The first kappa shape index (κ1) is 26.4. The van der Waals surface area contributed by atoms with Crippen LogP contribution in [0.5, 0.6) is 0 Å². The molecule has 1 saturated carbocycles. The number of nitriles is 1. The van der Waals surface area contributed by atoms with Crippen LogP contribution < -0.4 is 10.6 Å². The molecule has 36 heavy (non-hydrogen) atoms. The Hall–Kier alpha value is -2.66. The second-order valence-corrected chi connectivity index (χ2v) is 11.4. The van der Waals surface area contributed by atoms with Gasteiger partial charge in [-0.1, -0.05) is 0 Å². The first-order valence-corrected chi connectivity index (χ1v) is 14.7. The number of ether oxygens (including phenoxy) is 1. The number of fused-ring (bicyclic) bond motifs is 1. The standard InChI is InChI=1S/C24H25F2IN6O2S/c1-24(2,3)35-23(34)31-15-6-4-5-14(9-15)30-22-19(26)11-29-21(32-22)17-12-33(36-27)20-16(17)7-13(10-28)8-18(20)25/h7-8,11-12,14-15H,4-6,9H2,1-3H3,(H,31,34)(H,29,30,32). The topological polar surface area (TPSA) is 105 Å². The van der Waals surface area contributed by atoms with Crippen LogP contribution in [0.1, 0.15) is 52.0 Å². The minimum atomic E-state index is -0.614. The second kappa shape index (κ2) is 10.8. The number of hydrogen-bond acceptors (Lipinski definition) is 7. The number of alkyl carbamates (subject to hydrolysis) is 1. The van der Waals surface area contributed by atoms with Crippen LogP contribution in [0.15, 0.2) is 24.5 Å². The second-order valence-electron chi connectivity index (χ2n) is 9.64. The molecule has 2 aromatic heterocycles. The lowest BCUT2D eigenvalue weighted by molar-refractivity contribution is 0.0492. The van der Waals surface area contributed by atoms with Crippen LogP contribution >= 0.6 is 30.3 Å². The third-order valence-electron chi connectivity index (χ3n) is 5.74. The van der Waals surface area contributed by atoms with Crippen LogP contribution in [0.3, 0.4) is 0 Å². The summed E-state index contributed by atoms with van der Waals surface area (Å²) in [6.07, 6.45) is 5.28. The monoisotopic (exact) mass is 626 g/mol. The molecule has 0 bridgehead atoms. The third kappa shape index (κ3) is 6.00. The summed E-state index contributed by atoms with van der Waals surface area (Å²) in [5.41, 5.74) is 0.367. The van der Waals surface area contributed by atoms with Gasteiger partial charge in [-0.05, 0) is 58.6 Å². The van der Waals surface area contributed by atoms with Gasteiger partial charge in [-0.3, -0.25) is 3.97 Å². The predicted octanol–water partition coefficient (Wildman–Crippen LogP) is 6.34. The van der Waals surface area contributed by atoms with E-state index in [-0.39, 0.29) is 29.3 Å². The average molecular weight is 626 g/mol. The van der Waals surface area contributed by atoms with Crippen LogP contribution in [-0.4, -0.2) is 37.7 Å². The number of benzene rings is 1. The molecule has 1 amide bonds. The van der Waals surface area contributed by atoms with E-state index in [1.807, 2.05) is 27.3 Å². The number of nitrogens with one attached hydrogen (secondary N) is 2. The summed E-state index contributed by atoms with van der Waals surface area (Å²) in [6.45, 7) is 5.41. The number of rotatable bonds is 5. The number of carbonyl (C=O) groups is 1. The minimum Gasteiger partial charge on any atom is -0.444 e. The molecule has 0 aliphatic heterocycles. The highest BCUT2D eigenvalue weighted by atomic mass is 127. The Morgan fingerprint density at radius 3 is 2.72 bits per heavy atom. The van der Waals surface area contributed by atoms with Crippen molar-refractivity contribution in [3.05, 3.63) is 41.7 Å². The Morgan fingerprint density at radius 1 is 1.28 bits per heavy atom. The van der Waals surface area contributed by atoms with Gasteiger partial charge in [0.05, 0.1) is 23.3 Å². The van der Waals surface area contributed by atoms with Gasteiger partial charge in [0.2, 0.25) is 0 Å². The first-order valence-electron chi connectivity index (χ1n) is 11.4. The number of halogens is 3.